The number of carbonyl (C=O) groups is 1. The van der Waals surface area contributed by atoms with Gasteiger partial charge in [0, 0.05) is 16.2 Å². The maximum atomic E-state index is 11.3. The fourth-order valence-electron chi connectivity index (χ4n) is 1.15. The second-order valence-electron chi connectivity index (χ2n) is 3.29. The van der Waals surface area contributed by atoms with E-state index in [-0.39, 0.29) is 5.97 Å². The average molecular weight is 252 g/mol. The van der Waals surface area contributed by atoms with Gasteiger partial charge in [0.2, 0.25) is 0 Å². The SMILES string of the molecule is C=C(CSc1cccc(OC)c1)C(=O)OCC. The van der Waals surface area contributed by atoms with Crippen molar-refractivity contribution in [2.24, 2.45) is 0 Å². The van der Waals surface area contributed by atoms with Crippen LogP contribution in [0.4, 0.5) is 0 Å². The molecule has 0 radical (unpaired) electrons. The van der Waals surface area contributed by atoms with Crippen molar-refractivity contribution in [1.29, 1.82) is 0 Å². The van der Waals surface area contributed by atoms with Gasteiger partial charge in [0.1, 0.15) is 5.75 Å². The fraction of sp³-hybridized carbons (Fsp3) is 0.308. The van der Waals surface area contributed by atoms with Crippen LogP contribution in [0, 0.1) is 0 Å². The minimum absolute atomic E-state index is 0.331. The third-order valence-corrected chi connectivity index (χ3v) is 3.10. The zero-order chi connectivity index (χ0) is 12.7. The molecule has 3 nitrogen and oxygen atoms in total. The van der Waals surface area contributed by atoms with Gasteiger partial charge in [0.15, 0.2) is 0 Å². The topological polar surface area (TPSA) is 35.5 Å². The molecular weight excluding hydrogens is 236 g/mol. The van der Waals surface area contributed by atoms with Gasteiger partial charge >= 0.3 is 5.97 Å². The maximum absolute atomic E-state index is 11.3. The van der Waals surface area contributed by atoms with Gasteiger partial charge in [-0.2, -0.15) is 0 Å². The van der Waals surface area contributed by atoms with Crippen LogP contribution < -0.4 is 4.74 Å². The molecule has 0 N–H and O–H groups in total. The van der Waals surface area contributed by atoms with Gasteiger partial charge < -0.3 is 9.47 Å². The van der Waals surface area contributed by atoms with Crippen LogP contribution in [0.15, 0.2) is 41.3 Å². The molecule has 0 amide bonds. The summed E-state index contributed by atoms with van der Waals surface area (Å²) >= 11 is 1.53. The van der Waals surface area contributed by atoms with Crippen molar-refractivity contribution in [1.82, 2.24) is 0 Å². The molecule has 1 aromatic carbocycles. The molecule has 0 heterocycles. The Morgan fingerprint density at radius 2 is 2.24 bits per heavy atom. The van der Waals surface area contributed by atoms with E-state index in [4.69, 9.17) is 9.47 Å². The lowest BCUT2D eigenvalue weighted by atomic mass is 10.3. The van der Waals surface area contributed by atoms with E-state index in [0.29, 0.717) is 17.9 Å². The monoisotopic (exact) mass is 252 g/mol. The second kappa shape index (κ2) is 7.01. The second-order valence-corrected chi connectivity index (χ2v) is 4.34. The molecule has 0 spiro atoms. The Labute approximate surface area is 106 Å². The van der Waals surface area contributed by atoms with Crippen LogP contribution in [0.1, 0.15) is 6.92 Å². The average Bonchev–Trinajstić information content (AvgIpc) is 2.36. The standard InChI is InChI=1S/C13H16O3S/c1-4-16-13(14)10(2)9-17-12-7-5-6-11(8-12)15-3/h5-8H,2,4,9H2,1,3H3. The van der Waals surface area contributed by atoms with Gasteiger partial charge in [-0.1, -0.05) is 12.6 Å². The molecule has 17 heavy (non-hydrogen) atoms. The lowest BCUT2D eigenvalue weighted by Gasteiger charge is -2.06. The highest BCUT2D eigenvalue weighted by atomic mass is 32.2. The number of ether oxygens (including phenoxy) is 2. The van der Waals surface area contributed by atoms with Gasteiger partial charge in [-0.3, -0.25) is 0 Å². The van der Waals surface area contributed by atoms with Gasteiger partial charge in [-0.15, -0.1) is 11.8 Å². The molecule has 0 saturated heterocycles. The largest absolute Gasteiger partial charge is 0.497 e. The van der Waals surface area contributed by atoms with E-state index in [1.54, 1.807) is 14.0 Å². The summed E-state index contributed by atoms with van der Waals surface area (Å²) in [6.07, 6.45) is 0. The summed E-state index contributed by atoms with van der Waals surface area (Å²) < 4.78 is 9.98. The van der Waals surface area contributed by atoms with E-state index in [1.165, 1.54) is 11.8 Å². The lowest BCUT2D eigenvalue weighted by molar-refractivity contribution is -0.138. The molecule has 1 rings (SSSR count). The number of benzene rings is 1. The normalized spacial score (nSPS) is 9.76. The van der Waals surface area contributed by atoms with Crippen LogP contribution in [0.3, 0.4) is 0 Å². The first-order valence-electron chi connectivity index (χ1n) is 5.29. The molecule has 0 aliphatic rings. The highest BCUT2D eigenvalue weighted by molar-refractivity contribution is 7.99. The first-order valence-corrected chi connectivity index (χ1v) is 6.27. The van der Waals surface area contributed by atoms with E-state index in [0.717, 1.165) is 10.6 Å². The first kappa shape index (κ1) is 13.6. The van der Waals surface area contributed by atoms with Crippen molar-refractivity contribution in [3.63, 3.8) is 0 Å². The molecule has 0 aliphatic carbocycles. The molecular formula is C13H16O3S. The van der Waals surface area contributed by atoms with Crippen LogP contribution in [0.25, 0.3) is 0 Å². The lowest BCUT2D eigenvalue weighted by Crippen LogP contribution is -2.08. The van der Waals surface area contributed by atoms with E-state index < -0.39 is 0 Å². The highest BCUT2D eigenvalue weighted by Gasteiger charge is 2.08. The van der Waals surface area contributed by atoms with Crippen molar-refractivity contribution in [2.75, 3.05) is 19.5 Å². The van der Waals surface area contributed by atoms with E-state index >= 15 is 0 Å². The van der Waals surface area contributed by atoms with Crippen molar-refractivity contribution in [3.8, 4) is 5.75 Å². The van der Waals surface area contributed by atoms with E-state index in [9.17, 15) is 4.79 Å². The number of hydrogen-bond acceptors (Lipinski definition) is 4. The molecule has 1 aromatic rings. The predicted molar refractivity (Wildman–Crippen MR) is 69.5 cm³/mol. The number of esters is 1. The molecule has 0 atom stereocenters. The Bertz CT molecular complexity index is 401. The summed E-state index contributed by atoms with van der Waals surface area (Å²) in [4.78, 5) is 12.4. The van der Waals surface area contributed by atoms with Crippen LogP contribution in [-0.2, 0) is 9.53 Å². The Morgan fingerprint density at radius 1 is 1.47 bits per heavy atom. The molecule has 0 aliphatic heterocycles. The molecule has 0 fully saturated rings. The van der Waals surface area contributed by atoms with Crippen molar-refractivity contribution >= 4 is 17.7 Å². The van der Waals surface area contributed by atoms with Crippen LogP contribution in [-0.4, -0.2) is 25.4 Å². The number of hydrogen-bond donors (Lipinski definition) is 0. The molecule has 0 bridgehead atoms. The summed E-state index contributed by atoms with van der Waals surface area (Å²) in [6.45, 7) is 5.86. The van der Waals surface area contributed by atoms with E-state index in [2.05, 4.69) is 6.58 Å². The van der Waals surface area contributed by atoms with Crippen LogP contribution in [0.2, 0.25) is 0 Å². The zero-order valence-corrected chi connectivity index (χ0v) is 10.9. The van der Waals surface area contributed by atoms with Gasteiger partial charge in [0.25, 0.3) is 0 Å². The maximum Gasteiger partial charge on any atom is 0.334 e. The first-order chi connectivity index (χ1) is 8.17. The third kappa shape index (κ3) is 4.53. The summed E-state index contributed by atoms with van der Waals surface area (Å²) in [6, 6.07) is 7.67. The quantitative estimate of drug-likeness (QED) is 0.443. The minimum atomic E-state index is -0.331. The van der Waals surface area contributed by atoms with E-state index in [1.807, 2.05) is 24.3 Å². The van der Waals surface area contributed by atoms with Crippen molar-refractivity contribution in [2.45, 2.75) is 11.8 Å². The van der Waals surface area contributed by atoms with Gasteiger partial charge in [-0.25, -0.2) is 4.79 Å². The summed E-state index contributed by atoms with van der Waals surface area (Å²) in [7, 11) is 1.63. The van der Waals surface area contributed by atoms with Crippen molar-refractivity contribution < 1.29 is 14.3 Å². The Balaban J connectivity index is 2.49. The Hall–Kier alpha value is -1.42. The molecule has 92 valence electrons. The van der Waals surface area contributed by atoms with Crippen LogP contribution in [0.5, 0.6) is 5.75 Å². The highest BCUT2D eigenvalue weighted by Crippen LogP contribution is 2.24. The Kier molecular flexibility index (Phi) is 5.63. The van der Waals surface area contributed by atoms with Crippen LogP contribution >= 0.6 is 11.8 Å². The molecule has 0 unspecified atom stereocenters. The van der Waals surface area contributed by atoms with Crippen molar-refractivity contribution in [3.05, 3.63) is 36.4 Å². The molecule has 4 heteroatoms. The predicted octanol–water partition coefficient (Wildman–Crippen LogP) is 2.91. The molecule has 0 saturated carbocycles. The summed E-state index contributed by atoms with van der Waals surface area (Å²) in [5, 5.41) is 0. The number of thioether (sulfide) groups is 1. The molecule has 0 aromatic heterocycles. The Morgan fingerprint density at radius 3 is 2.88 bits per heavy atom. The minimum Gasteiger partial charge on any atom is -0.497 e. The zero-order valence-electron chi connectivity index (χ0n) is 10.1. The smallest absolute Gasteiger partial charge is 0.334 e. The third-order valence-electron chi connectivity index (χ3n) is 2.02. The fourth-order valence-corrected chi connectivity index (χ4v) is 1.99. The number of methoxy groups -OCH3 is 1. The summed E-state index contributed by atoms with van der Waals surface area (Å²) in [5.41, 5.74) is 0.472. The van der Waals surface area contributed by atoms with Gasteiger partial charge in [0.05, 0.1) is 13.7 Å². The summed E-state index contributed by atoms with van der Waals surface area (Å²) in [5.74, 6) is 0.992. The van der Waals surface area contributed by atoms with Gasteiger partial charge in [-0.05, 0) is 25.1 Å². The number of rotatable bonds is 6. The number of carbonyl (C=O) groups excluding carboxylic acids is 1.